The van der Waals surface area contributed by atoms with Crippen LogP contribution in [0.4, 0.5) is 0 Å². The number of nitrogens with one attached hydrogen (secondary N) is 1. The van der Waals surface area contributed by atoms with E-state index < -0.39 is 21.7 Å². The van der Waals surface area contributed by atoms with E-state index >= 15 is 0 Å². The molecular formula is C26H28N4O5S. The van der Waals surface area contributed by atoms with Crippen molar-refractivity contribution >= 4 is 27.6 Å². The van der Waals surface area contributed by atoms with Crippen molar-refractivity contribution in [3.8, 4) is 11.5 Å². The second-order valence-corrected chi connectivity index (χ2v) is 10.1. The van der Waals surface area contributed by atoms with Gasteiger partial charge in [-0.1, -0.05) is 42.5 Å². The van der Waals surface area contributed by atoms with Crippen LogP contribution in [0.25, 0.3) is 0 Å². The molecule has 3 aromatic carbocycles. The zero-order valence-corrected chi connectivity index (χ0v) is 20.6. The zero-order valence-electron chi connectivity index (χ0n) is 19.8. The number of carbonyl (C=O) groups is 2. The number of carbonyl (C=O) groups excluding carboxylic acids is 2. The van der Waals surface area contributed by atoms with Crippen LogP contribution in [-0.4, -0.2) is 39.0 Å². The van der Waals surface area contributed by atoms with E-state index in [9.17, 15) is 18.0 Å². The summed E-state index contributed by atoms with van der Waals surface area (Å²) in [4.78, 5) is 27.4. The fourth-order valence-electron chi connectivity index (χ4n) is 3.39. The Morgan fingerprint density at radius 3 is 2.22 bits per heavy atom. The molecule has 188 valence electrons. The third kappa shape index (κ3) is 7.95. The van der Waals surface area contributed by atoms with E-state index in [1.165, 1.54) is 18.2 Å². The van der Waals surface area contributed by atoms with Gasteiger partial charge >= 0.3 is 0 Å². The van der Waals surface area contributed by atoms with Crippen molar-refractivity contribution in [1.29, 1.82) is 0 Å². The molecule has 0 aromatic heterocycles. The van der Waals surface area contributed by atoms with Crippen molar-refractivity contribution in [3.63, 3.8) is 0 Å². The van der Waals surface area contributed by atoms with Gasteiger partial charge in [0.2, 0.25) is 5.91 Å². The van der Waals surface area contributed by atoms with Crippen LogP contribution in [0.3, 0.4) is 0 Å². The number of guanidine groups is 1. The lowest BCUT2D eigenvalue weighted by atomic mass is 10.1. The summed E-state index contributed by atoms with van der Waals surface area (Å²) >= 11 is 0. The first kappa shape index (κ1) is 26.4. The molecule has 0 spiro atoms. The van der Waals surface area contributed by atoms with E-state index in [0.717, 1.165) is 17.4 Å². The molecule has 0 unspecified atom stereocenters. The number of nitrogens with two attached hydrogens (primary N) is 2. The summed E-state index contributed by atoms with van der Waals surface area (Å²) in [5.41, 5.74) is 12.6. The van der Waals surface area contributed by atoms with E-state index in [1.54, 1.807) is 12.1 Å². The lowest BCUT2D eigenvalue weighted by molar-refractivity contribution is -0.121. The molecule has 0 aliphatic heterocycles. The van der Waals surface area contributed by atoms with E-state index in [0.29, 0.717) is 31.6 Å². The number of amides is 2. The summed E-state index contributed by atoms with van der Waals surface area (Å²) in [6.45, 7) is 0.497. The van der Waals surface area contributed by atoms with Crippen LogP contribution in [-0.2, 0) is 27.5 Å². The molecule has 0 aliphatic carbocycles. The third-order valence-electron chi connectivity index (χ3n) is 5.19. The van der Waals surface area contributed by atoms with E-state index in [4.69, 9.17) is 16.2 Å². The van der Waals surface area contributed by atoms with E-state index in [-0.39, 0.29) is 22.1 Å². The summed E-state index contributed by atoms with van der Waals surface area (Å²) in [6, 6.07) is 20.9. The molecular weight excluding hydrogens is 480 g/mol. The molecule has 0 heterocycles. The Hall–Kier alpha value is -4.18. The van der Waals surface area contributed by atoms with Gasteiger partial charge in [0, 0.05) is 24.8 Å². The molecule has 0 saturated heterocycles. The van der Waals surface area contributed by atoms with Crippen molar-refractivity contribution in [1.82, 2.24) is 5.32 Å². The first-order valence-electron chi connectivity index (χ1n) is 11.2. The highest BCUT2D eigenvalue weighted by atomic mass is 32.2. The monoisotopic (exact) mass is 508 g/mol. The largest absolute Gasteiger partial charge is 0.456 e. The fraction of sp³-hybridized carbons (Fsp3) is 0.192. The van der Waals surface area contributed by atoms with Crippen molar-refractivity contribution in [2.45, 2.75) is 24.2 Å². The molecule has 0 aliphatic rings. The number of hydrogen-bond donors (Lipinski definition) is 3. The molecule has 10 heteroatoms. The van der Waals surface area contributed by atoms with Gasteiger partial charge in [-0.15, -0.1) is 0 Å². The zero-order chi connectivity index (χ0) is 26.1. The molecule has 0 radical (unpaired) electrons. The van der Waals surface area contributed by atoms with Crippen LogP contribution in [0.5, 0.6) is 11.5 Å². The Morgan fingerprint density at radius 1 is 0.917 bits per heavy atom. The van der Waals surface area contributed by atoms with Crippen LogP contribution < -0.4 is 21.5 Å². The van der Waals surface area contributed by atoms with Crippen LogP contribution in [0.2, 0.25) is 0 Å². The van der Waals surface area contributed by atoms with Gasteiger partial charge in [0.25, 0.3) is 5.91 Å². The van der Waals surface area contributed by atoms with Gasteiger partial charge < -0.3 is 21.5 Å². The minimum absolute atomic E-state index is 0.00567. The fourth-order valence-corrected chi connectivity index (χ4v) is 4.20. The van der Waals surface area contributed by atoms with Crippen molar-refractivity contribution in [2.24, 2.45) is 16.5 Å². The maximum Gasteiger partial charge on any atom is 0.280 e. The molecule has 9 nitrogen and oxygen atoms in total. The van der Waals surface area contributed by atoms with Gasteiger partial charge in [-0.05, 0) is 54.3 Å². The van der Waals surface area contributed by atoms with Gasteiger partial charge in [-0.2, -0.15) is 4.99 Å². The van der Waals surface area contributed by atoms with Crippen LogP contribution >= 0.6 is 0 Å². The standard InChI is InChI=1S/C26H28N4O5S/c1-36(33,34)23-17-20(25(32)30-26(27)28)10-13-22(23)35-21-11-7-19(8-12-21)15-16-29-24(31)14-9-18-5-3-2-4-6-18/h2-8,10-13,17H,9,14-16H2,1H3,(H,29,31)(H4,27,28,30,32). The van der Waals surface area contributed by atoms with Gasteiger partial charge in [0.15, 0.2) is 15.8 Å². The molecule has 0 bridgehead atoms. The predicted octanol–water partition coefficient (Wildman–Crippen LogP) is 2.59. The average molecular weight is 509 g/mol. The summed E-state index contributed by atoms with van der Waals surface area (Å²) in [7, 11) is -3.72. The minimum Gasteiger partial charge on any atom is -0.456 e. The highest BCUT2D eigenvalue weighted by molar-refractivity contribution is 7.90. The third-order valence-corrected chi connectivity index (χ3v) is 6.31. The maximum absolute atomic E-state index is 12.3. The number of hydrogen-bond acceptors (Lipinski definition) is 5. The number of rotatable bonds is 10. The Kier molecular flexibility index (Phi) is 8.80. The number of aliphatic imine (C=N–C) groups is 1. The van der Waals surface area contributed by atoms with Gasteiger partial charge in [0.05, 0.1) is 0 Å². The number of nitrogens with zero attached hydrogens (tertiary/aromatic N) is 1. The lowest BCUT2D eigenvalue weighted by Crippen LogP contribution is -2.25. The summed E-state index contributed by atoms with van der Waals surface area (Å²) in [5.74, 6) is -0.707. The molecule has 0 fully saturated rings. The molecule has 0 saturated carbocycles. The summed E-state index contributed by atoms with van der Waals surface area (Å²) in [6.07, 6.45) is 2.77. The SMILES string of the molecule is CS(=O)(=O)c1cc(C(=O)N=C(N)N)ccc1Oc1ccc(CCNC(=O)CCc2ccccc2)cc1. The summed E-state index contributed by atoms with van der Waals surface area (Å²) < 4.78 is 30.3. The van der Waals surface area contributed by atoms with E-state index in [1.807, 2.05) is 42.5 Å². The topological polar surface area (TPSA) is 154 Å². The van der Waals surface area contributed by atoms with Crippen molar-refractivity contribution in [2.75, 3.05) is 12.8 Å². The average Bonchev–Trinajstić information content (AvgIpc) is 2.83. The molecule has 36 heavy (non-hydrogen) atoms. The van der Waals surface area contributed by atoms with Crippen LogP contribution in [0.15, 0.2) is 82.7 Å². The number of aryl methyl sites for hydroxylation is 1. The highest BCUT2D eigenvalue weighted by Gasteiger charge is 2.18. The molecule has 0 atom stereocenters. The maximum atomic E-state index is 12.3. The quantitative estimate of drug-likeness (QED) is 0.281. The molecule has 2 amide bonds. The highest BCUT2D eigenvalue weighted by Crippen LogP contribution is 2.30. The predicted molar refractivity (Wildman–Crippen MR) is 138 cm³/mol. The van der Waals surface area contributed by atoms with Gasteiger partial charge in [0.1, 0.15) is 16.4 Å². The number of ether oxygens (including phenoxy) is 1. The molecule has 5 N–H and O–H groups in total. The van der Waals surface area contributed by atoms with Crippen molar-refractivity contribution < 1.29 is 22.7 Å². The Labute approximate surface area is 210 Å². The summed E-state index contributed by atoms with van der Waals surface area (Å²) in [5, 5.41) is 2.92. The second kappa shape index (κ2) is 12.0. The van der Waals surface area contributed by atoms with Crippen molar-refractivity contribution in [3.05, 3.63) is 89.5 Å². The molecule has 3 rings (SSSR count). The van der Waals surface area contributed by atoms with Crippen LogP contribution in [0.1, 0.15) is 27.9 Å². The smallest absolute Gasteiger partial charge is 0.280 e. The first-order chi connectivity index (χ1) is 17.1. The Morgan fingerprint density at radius 2 is 1.58 bits per heavy atom. The number of sulfone groups is 1. The molecule has 3 aromatic rings. The normalized spacial score (nSPS) is 10.9. The minimum atomic E-state index is -3.72. The second-order valence-electron chi connectivity index (χ2n) is 8.11. The first-order valence-corrected chi connectivity index (χ1v) is 13.1. The lowest BCUT2D eigenvalue weighted by Gasteiger charge is -2.12. The van der Waals surface area contributed by atoms with Crippen LogP contribution in [0, 0.1) is 0 Å². The Balaban J connectivity index is 1.58. The Bertz CT molecular complexity index is 1350. The van der Waals surface area contributed by atoms with Gasteiger partial charge in [-0.3, -0.25) is 9.59 Å². The number of benzene rings is 3. The van der Waals surface area contributed by atoms with Gasteiger partial charge in [-0.25, -0.2) is 8.42 Å². The van der Waals surface area contributed by atoms with E-state index in [2.05, 4.69) is 10.3 Å².